The molecule has 2 rings (SSSR count). The molecular formula is C14H24N4O. The Bertz CT molecular complexity index is 394. The van der Waals surface area contributed by atoms with Crippen LogP contribution in [-0.4, -0.2) is 58.1 Å². The first-order valence-corrected chi connectivity index (χ1v) is 7.05. The van der Waals surface area contributed by atoms with Crippen LogP contribution in [0.25, 0.3) is 0 Å². The number of amides is 1. The van der Waals surface area contributed by atoms with E-state index >= 15 is 0 Å². The molecule has 1 aliphatic rings. The molecule has 0 unspecified atom stereocenters. The Kier molecular flexibility index (Phi) is 4.58. The molecule has 0 atom stereocenters. The smallest absolute Gasteiger partial charge is 0.324 e. The summed E-state index contributed by atoms with van der Waals surface area (Å²) >= 11 is 0. The van der Waals surface area contributed by atoms with Gasteiger partial charge in [0.15, 0.2) is 0 Å². The predicted molar refractivity (Wildman–Crippen MR) is 75.1 cm³/mol. The minimum absolute atomic E-state index is 0.0492. The lowest BCUT2D eigenvalue weighted by atomic mass is 9.96. The second-order valence-corrected chi connectivity index (χ2v) is 5.72. The lowest BCUT2D eigenvalue weighted by Gasteiger charge is -2.34. The highest BCUT2D eigenvalue weighted by Crippen LogP contribution is 2.19. The Morgan fingerprint density at radius 3 is 2.63 bits per heavy atom. The van der Waals surface area contributed by atoms with Gasteiger partial charge in [-0.1, -0.05) is 0 Å². The van der Waals surface area contributed by atoms with Crippen LogP contribution in [0.1, 0.15) is 26.7 Å². The molecule has 2 heterocycles. The second-order valence-electron chi connectivity index (χ2n) is 5.72. The summed E-state index contributed by atoms with van der Waals surface area (Å²) in [6.07, 6.45) is 7.11. The topological polar surface area (TPSA) is 41.4 Å². The van der Waals surface area contributed by atoms with Gasteiger partial charge in [0.25, 0.3) is 0 Å². The number of rotatable bonds is 3. The molecule has 0 bridgehead atoms. The van der Waals surface area contributed by atoms with Crippen LogP contribution in [-0.2, 0) is 0 Å². The van der Waals surface area contributed by atoms with E-state index in [2.05, 4.69) is 30.8 Å². The van der Waals surface area contributed by atoms with E-state index in [0.29, 0.717) is 12.0 Å². The SMILES string of the molecule is CC(C)N(C)CC1CCN(C(=O)n2ccnc2)CC1. The van der Waals surface area contributed by atoms with Crippen LogP contribution in [0.4, 0.5) is 4.79 Å². The average molecular weight is 264 g/mol. The van der Waals surface area contributed by atoms with Crippen molar-refractivity contribution in [3.63, 3.8) is 0 Å². The standard InChI is InChI=1S/C14H24N4O/c1-12(2)16(3)10-13-4-7-17(8-5-13)14(19)18-9-6-15-11-18/h6,9,11-13H,4-5,7-8,10H2,1-3H3. The van der Waals surface area contributed by atoms with Crippen LogP contribution in [0.3, 0.4) is 0 Å². The number of piperidine rings is 1. The van der Waals surface area contributed by atoms with E-state index in [-0.39, 0.29) is 6.03 Å². The zero-order chi connectivity index (χ0) is 13.8. The monoisotopic (exact) mass is 264 g/mol. The van der Waals surface area contributed by atoms with Crippen molar-refractivity contribution in [2.24, 2.45) is 5.92 Å². The molecule has 106 valence electrons. The molecule has 1 aromatic rings. The maximum Gasteiger partial charge on any atom is 0.329 e. The van der Waals surface area contributed by atoms with Crippen LogP contribution >= 0.6 is 0 Å². The molecule has 1 amide bonds. The van der Waals surface area contributed by atoms with Crippen molar-refractivity contribution in [3.05, 3.63) is 18.7 Å². The summed E-state index contributed by atoms with van der Waals surface area (Å²) in [5.74, 6) is 0.708. The summed E-state index contributed by atoms with van der Waals surface area (Å²) in [6, 6.07) is 0.638. The van der Waals surface area contributed by atoms with Crippen LogP contribution in [0, 0.1) is 5.92 Å². The van der Waals surface area contributed by atoms with Gasteiger partial charge in [-0.3, -0.25) is 4.57 Å². The quantitative estimate of drug-likeness (QED) is 0.837. The van der Waals surface area contributed by atoms with Crippen molar-refractivity contribution in [2.75, 3.05) is 26.7 Å². The van der Waals surface area contributed by atoms with Gasteiger partial charge in [0.05, 0.1) is 0 Å². The fourth-order valence-corrected chi connectivity index (χ4v) is 2.46. The zero-order valence-electron chi connectivity index (χ0n) is 12.1. The lowest BCUT2D eigenvalue weighted by Crippen LogP contribution is -2.43. The first-order chi connectivity index (χ1) is 9.08. The van der Waals surface area contributed by atoms with E-state index < -0.39 is 0 Å². The van der Waals surface area contributed by atoms with E-state index in [0.717, 1.165) is 32.5 Å². The van der Waals surface area contributed by atoms with E-state index in [1.807, 2.05) is 4.90 Å². The van der Waals surface area contributed by atoms with Gasteiger partial charge in [0, 0.05) is 38.1 Å². The number of likely N-dealkylation sites (tertiary alicyclic amines) is 1. The van der Waals surface area contributed by atoms with Gasteiger partial charge in [-0.25, -0.2) is 9.78 Å². The fraction of sp³-hybridized carbons (Fsp3) is 0.714. The molecule has 0 radical (unpaired) electrons. The Morgan fingerprint density at radius 1 is 1.42 bits per heavy atom. The van der Waals surface area contributed by atoms with Crippen molar-refractivity contribution in [3.8, 4) is 0 Å². The van der Waals surface area contributed by atoms with E-state index in [4.69, 9.17) is 0 Å². The molecule has 1 fully saturated rings. The lowest BCUT2D eigenvalue weighted by molar-refractivity contribution is 0.147. The number of nitrogens with zero attached hydrogens (tertiary/aromatic N) is 4. The summed E-state index contributed by atoms with van der Waals surface area (Å²) in [7, 11) is 2.17. The van der Waals surface area contributed by atoms with Crippen LogP contribution in [0.2, 0.25) is 0 Å². The van der Waals surface area contributed by atoms with Gasteiger partial charge in [-0.15, -0.1) is 0 Å². The first-order valence-electron chi connectivity index (χ1n) is 7.05. The Labute approximate surface area is 115 Å². The van der Waals surface area contributed by atoms with Gasteiger partial charge in [0.2, 0.25) is 0 Å². The molecule has 0 saturated carbocycles. The summed E-state index contributed by atoms with van der Waals surface area (Å²) in [6.45, 7) is 7.28. The van der Waals surface area contributed by atoms with Crippen molar-refractivity contribution >= 4 is 6.03 Å². The second kappa shape index (κ2) is 6.19. The molecule has 0 spiro atoms. The van der Waals surface area contributed by atoms with Crippen molar-refractivity contribution in [1.29, 1.82) is 0 Å². The highest BCUT2D eigenvalue weighted by molar-refractivity contribution is 5.76. The summed E-state index contributed by atoms with van der Waals surface area (Å²) in [4.78, 5) is 20.4. The van der Waals surface area contributed by atoms with E-state index in [1.54, 1.807) is 23.3 Å². The molecule has 1 aromatic heterocycles. The van der Waals surface area contributed by atoms with Gasteiger partial charge in [-0.05, 0) is 39.7 Å². The molecular weight excluding hydrogens is 240 g/mol. The maximum absolute atomic E-state index is 12.1. The van der Waals surface area contributed by atoms with Crippen LogP contribution < -0.4 is 0 Å². The van der Waals surface area contributed by atoms with Crippen molar-refractivity contribution in [2.45, 2.75) is 32.7 Å². The fourth-order valence-electron chi connectivity index (χ4n) is 2.46. The number of aromatic nitrogens is 2. The number of imidazole rings is 1. The predicted octanol–water partition coefficient (Wildman–Crippen LogP) is 1.90. The highest BCUT2D eigenvalue weighted by atomic mass is 16.2. The van der Waals surface area contributed by atoms with Crippen molar-refractivity contribution in [1.82, 2.24) is 19.4 Å². The number of carbonyl (C=O) groups is 1. The third-order valence-electron chi connectivity index (χ3n) is 4.04. The Hall–Kier alpha value is -1.36. The minimum atomic E-state index is 0.0492. The van der Waals surface area contributed by atoms with Gasteiger partial charge >= 0.3 is 6.03 Å². The minimum Gasteiger partial charge on any atom is -0.324 e. The van der Waals surface area contributed by atoms with Crippen LogP contribution in [0.5, 0.6) is 0 Å². The first kappa shape index (κ1) is 14.1. The summed E-state index contributed by atoms with van der Waals surface area (Å²) in [5, 5.41) is 0. The third kappa shape index (κ3) is 3.56. The van der Waals surface area contributed by atoms with Gasteiger partial charge in [-0.2, -0.15) is 0 Å². The Morgan fingerprint density at radius 2 is 2.11 bits per heavy atom. The van der Waals surface area contributed by atoms with Crippen molar-refractivity contribution < 1.29 is 4.79 Å². The molecule has 0 aromatic carbocycles. The molecule has 0 aliphatic carbocycles. The summed E-state index contributed by atoms with van der Waals surface area (Å²) in [5.41, 5.74) is 0. The maximum atomic E-state index is 12.1. The molecule has 1 aliphatic heterocycles. The van der Waals surface area contributed by atoms with Crippen LogP contribution in [0.15, 0.2) is 18.7 Å². The number of hydrogen-bond acceptors (Lipinski definition) is 3. The molecule has 5 nitrogen and oxygen atoms in total. The summed E-state index contributed by atoms with van der Waals surface area (Å²) < 4.78 is 1.56. The Balaban J connectivity index is 1.81. The van der Waals surface area contributed by atoms with E-state index in [9.17, 15) is 4.79 Å². The number of hydrogen-bond donors (Lipinski definition) is 0. The molecule has 1 saturated heterocycles. The largest absolute Gasteiger partial charge is 0.329 e. The normalized spacial score (nSPS) is 17.4. The third-order valence-corrected chi connectivity index (χ3v) is 4.04. The average Bonchev–Trinajstić information content (AvgIpc) is 2.92. The van der Waals surface area contributed by atoms with Gasteiger partial charge < -0.3 is 9.80 Å². The highest BCUT2D eigenvalue weighted by Gasteiger charge is 2.24. The molecule has 5 heteroatoms. The zero-order valence-corrected chi connectivity index (χ0v) is 12.1. The van der Waals surface area contributed by atoms with E-state index in [1.165, 1.54) is 0 Å². The van der Waals surface area contributed by atoms with Gasteiger partial charge in [0.1, 0.15) is 6.33 Å². The molecule has 0 N–H and O–H groups in total. The number of carbonyl (C=O) groups excluding carboxylic acids is 1. The molecule has 19 heavy (non-hydrogen) atoms.